The summed E-state index contributed by atoms with van der Waals surface area (Å²) in [5.74, 6) is -0.782. The smallest absolute Gasteiger partial charge is 0.420 e. The highest BCUT2D eigenvalue weighted by Gasteiger charge is 2.37. The van der Waals surface area contributed by atoms with Crippen molar-refractivity contribution < 1.29 is 22.7 Å². The van der Waals surface area contributed by atoms with Gasteiger partial charge in [0.2, 0.25) is 10.9 Å². The molecule has 6 nitrogen and oxygen atoms in total. The Morgan fingerprint density at radius 2 is 2.07 bits per heavy atom. The minimum atomic E-state index is -4.84. The molecule has 2 aromatic rings. The van der Waals surface area contributed by atoms with Crippen molar-refractivity contribution in [1.82, 2.24) is 9.47 Å². The van der Waals surface area contributed by atoms with Gasteiger partial charge in [-0.1, -0.05) is 23.4 Å². The highest BCUT2D eigenvalue weighted by atomic mass is 35.5. The van der Waals surface area contributed by atoms with Crippen LogP contribution in [0.4, 0.5) is 13.2 Å². The van der Waals surface area contributed by atoms with Crippen LogP contribution in [-0.2, 0) is 17.6 Å². The van der Waals surface area contributed by atoms with Gasteiger partial charge in [-0.3, -0.25) is 19.1 Å². The number of hydrogen-bond acceptors (Lipinski definition) is 6. The van der Waals surface area contributed by atoms with Gasteiger partial charge in [-0.25, -0.2) is 0 Å². The Morgan fingerprint density at radius 1 is 1.34 bits per heavy atom. The van der Waals surface area contributed by atoms with Crippen LogP contribution in [0.2, 0.25) is 5.02 Å². The third-order valence-electron chi connectivity index (χ3n) is 4.24. The van der Waals surface area contributed by atoms with E-state index in [1.807, 2.05) is 6.07 Å². The fraction of sp³-hybridized carbons (Fsp3) is 0.278. The Balaban J connectivity index is 2.04. The van der Waals surface area contributed by atoms with E-state index in [1.165, 1.54) is 18.2 Å². The Morgan fingerprint density at radius 3 is 2.66 bits per heavy atom. The summed E-state index contributed by atoms with van der Waals surface area (Å²) in [5.41, 5.74) is -2.20. The summed E-state index contributed by atoms with van der Waals surface area (Å²) in [4.78, 5) is 26.1. The topological polar surface area (TPSA) is 75.3 Å². The van der Waals surface area contributed by atoms with Crippen molar-refractivity contribution in [2.75, 3.05) is 5.88 Å². The predicted octanol–water partition coefficient (Wildman–Crippen LogP) is 4.06. The number of aromatic nitrogens is 1. The average Bonchev–Trinajstić information content (AvgIpc) is 2.95. The number of ether oxygens (including phenoxy) is 1. The molecular weight excluding hydrogens is 431 g/mol. The largest absolute Gasteiger partial charge is 0.451 e. The number of carbonyl (C=O) groups excluding carboxylic acids is 1. The van der Waals surface area contributed by atoms with Gasteiger partial charge in [0.15, 0.2) is 0 Å². The number of nitrogens with zero attached hydrogens (tertiary/aromatic N) is 3. The van der Waals surface area contributed by atoms with Crippen LogP contribution in [0, 0.1) is 11.3 Å². The third kappa shape index (κ3) is 4.58. The van der Waals surface area contributed by atoms with Crippen LogP contribution in [0.15, 0.2) is 35.3 Å². The summed E-state index contributed by atoms with van der Waals surface area (Å²) < 4.78 is 46.6. The van der Waals surface area contributed by atoms with Gasteiger partial charge in [-0.15, -0.1) is 0 Å². The third-order valence-corrected chi connectivity index (χ3v) is 5.55. The quantitative estimate of drug-likeness (QED) is 0.709. The maximum absolute atomic E-state index is 13.4. The van der Waals surface area contributed by atoms with Gasteiger partial charge < -0.3 is 4.74 Å². The zero-order valence-corrected chi connectivity index (χ0v) is 16.4. The Bertz CT molecular complexity index is 1070. The molecule has 0 saturated carbocycles. The van der Waals surface area contributed by atoms with Crippen molar-refractivity contribution in [3.63, 3.8) is 0 Å². The van der Waals surface area contributed by atoms with E-state index in [4.69, 9.17) is 21.6 Å². The van der Waals surface area contributed by atoms with Crippen molar-refractivity contribution in [1.29, 1.82) is 5.26 Å². The summed E-state index contributed by atoms with van der Waals surface area (Å²) in [6.45, 7) is 1.58. The van der Waals surface area contributed by atoms with Crippen molar-refractivity contribution in [3.8, 4) is 17.6 Å². The lowest BCUT2D eigenvalue weighted by atomic mass is 10.2. The lowest BCUT2D eigenvalue weighted by Gasteiger charge is -2.21. The first-order chi connectivity index (χ1) is 13.6. The minimum Gasteiger partial charge on any atom is -0.451 e. The Kier molecular flexibility index (Phi) is 5.93. The number of alkyl halides is 3. The molecule has 1 fully saturated rings. The molecule has 0 aliphatic carbocycles. The molecule has 1 aromatic carbocycles. The molecule has 0 bridgehead atoms. The summed E-state index contributed by atoms with van der Waals surface area (Å²) in [7, 11) is 0. The first-order valence-electron chi connectivity index (χ1n) is 8.20. The lowest BCUT2D eigenvalue weighted by molar-refractivity contribution is -0.138. The van der Waals surface area contributed by atoms with Crippen LogP contribution in [-0.4, -0.2) is 26.5 Å². The maximum Gasteiger partial charge on any atom is 0.420 e. The molecule has 0 N–H and O–H groups in total. The normalized spacial score (nSPS) is 17.4. The van der Waals surface area contributed by atoms with Gasteiger partial charge in [0, 0.05) is 11.2 Å². The molecule has 1 aromatic heterocycles. The molecule has 1 atom stereocenters. The van der Waals surface area contributed by atoms with E-state index in [9.17, 15) is 22.8 Å². The molecule has 1 unspecified atom stereocenters. The standard InChI is InChI=1S/C18H13ClF3N3O3S/c1-10-17(27)29-9-25(10)8-24-3-2-14(18(20,21)22)15(16(24)26)28-13-5-11(7-23)4-12(19)6-13/h2-6,10H,8-9H2,1H3. The monoisotopic (exact) mass is 443 g/mol. The highest BCUT2D eigenvalue weighted by Crippen LogP contribution is 2.36. The first-order valence-corrected chi connectivity index (χ1v) is 9.56. The number of hydrogen-bond donors (Lipinski definition) is 0. The molecule has 11 heteroatoms. The Hall–Kier alpha value is -2.48. The second-order valence-electron chi connectivity index (χ2n) is 6.22. The van der Waals surface area contributed by atoms with Crippen molar-refractivity contribution in [2.24, 2.45) is 0 Å². The second kappa shape index (κ2) is 8.10. The molecular formula is C18H13ClF3N3O3S. The number of carbonyl (C=O) groups is 1. The van der Waals surface area contributed by atoms with Gasteiger partial charge in [-0.2, -0.15) is 18.4 Å². The fourth-order valence-corrected chi connectivity index (χ4v) is 3.89. The van der Waals surface area contributed by atoms with E-state index in [2.05, 4.69) is 0 Å². The first kappa shape index (κ1) is 21.2. The molecule has 2 heterocycles. The van der Waals surface area contributed by atoms with Gasteiger partial charge in [0.1, 0.15) is 11.3 Å². The molecule has 152 valence electrons. The van der Waals surface area contributed by atoms with Crippen LogP contribution in [0.1, 0.15) is 18.1 Å². The van der Waals surface area contributed by atoms with Crippen molar-refractivity contribution in [2.45, 2.75) is 25.8 Å². The molecule has 29 heavy (non-hydrogen) atoms. The summed E-state index contributed by atoms with van der Waals surface area (Å²) in [5, 5.41) is 8.99. The van der Waals surface area contributed by atoms with E-state index in [1.54, 1.807) is 11.8 Å². The SMILES string of the molecule is CC1C(=O)SCN1Cn1ccc(C(F)(F)F)c(Oc2cc(Cl)cc(C#N)c2)c1=O. The molecule has 0 amide bonds. The average molecular weight is 444 g/mol. The van der Waals surface area contributed by atoms with Gasteiger partial charge in [0.05, 0.1) is 30.2 Å². The van der Waals surface area contributed by atoms with E-state index < -0.39 is 29.1 Å². The predicted molar refractivity (Wildman–Crippen MR) is 101 cm³/mol. The lowest BCUT2D eigenvalue weighted by Crippen LogP contribution is -2.36. The summed E-state index contributed by atoms with van der Waals surface area (Å²) in [6.07, 6.45) is -3.83. The van der Waals surface area contributed by atoms with E-state index in [0.717, 1.165) is 28.6 Å². The highest BCUT2D eigenvalue weighted by molar-refractivity contribution is 8.14. The molecule has 0 spiro atoms. The molecule has 1 aliphatic heterocycles. The summed E-state index contributed by atoms with van der Waals surface area (Å²) in [6, 6.07) is 5.78. The number of benzene rings is 1. The number of thioether (sulfide) groups is 1. The van der Waals surface area contributed by atoms with Gasteiger partial charge >= 0.3 is 6.18 Å². The van der Waals surface area contributed by atoms with E-state index >= 15 is 0 Å². The number of pyridine rings is 1. The van der Waals surface area contributed by atoms with Crippen LogP contribution < -0.4 is 10.3 Å². The zero-order valence-electron chi connectivity index (χ0n) is 14.9. The maximum atomic E-state index is 13.4. The van der Waals surface area contributed by atoms with Crippen molar-refractivity contribution in [3.05, 3.63) is 57.0 Å². The minimum absolute atomic E-state index is 0.0683. The van der Waals surface area contributed by atoms with Crippen LogP contribution in [0.3, 0.4) is 0 Å². The van der Waals surface area contributed by atoms with E-state index in [0.29, 0.717) is 5.88 Å². The van der Waals surface area contributed by atoms with E-state index in [-0.39, 0.29) is 28.1 Å². The number of nitriles is 1. The number of halogens is 4. The molecule has 3 rings (SSSR count). The number of rotatable bonds is 4. The van der Waals surface area contributed by atoms with Crippen molar-refractivity contribution >= 4 is 28.5 Å². The van der Waals surface area contributed by atoms with Crippen LogP contribution >= 0.6 is 23.4 Å². The fourth-order valence-electron chi connectivity index (χ4n) is 2.68. The van der Waals surface area contributed by atoms with Gasteiger partial charge in [-0.05, 0) is 31.2 Å². The molecule has 0 radical (unpaired) electrons. The zero-order chi connectivity index (χ0) is 21.3. The molecule has 1 aliphatic rings. The molecule has 1 saturated heterocycles. The van der Waals surface area contributed by atoms with Crippen LogP contribution in [0.25, 0.3) is 0 Å². The Labute approximate surface area is 172 Å². The summed E-state index contributed by atoms with van der Waals surface area (Å²) >= 11 is 6.93. The second-order valence-corrected chi connectivity index (χ2v) is 7.61. The van der Waals surface area contributed by atoms with Crippen LogP contribution in [0.5, 0.6) is 11.5 Å². The van der Waals surface area contributed by atoms with Gasteiger partial charge in [0.25, 0.3) is 5.56 Å².